The number of likely N-dealkylation sites (N-methyl/N-ethyl adjacent to an activating group) is 1. The van der Waals surface area contributed by atoms with Gasteiger partial charge in [0.05, 0.1) is 22.4 Å². The van der Waals surface area contributed by atoms with Crippen molar-refractivity contribution in [2.75, 3.05) is 31.6 Å². The summed E-state index contributed by atoms with van der Waals surface area (Å²) in [6.45, 7) is 0.805. The number of hydrogen-bond donors (Lipinski definition) is 0. The molecule has 2 fully saturated rings. The zero-order valence-corrected chi connectivity index (χ0v) is 15.4. The standard InChI is InChI=1S/C16H19N3O4S2/c1-18-7-8-19(15-11-24(20,21)10-14(15)18)25(22,23)16-4-2-3-12-9-17-6-5-13(12)16/h2-6,9,14-15H,7-8,10-11H2,1H3/t14-,15+/m0/s1. The van der Waals surface area contributed by atoms with Crippen molar-refractivity contribution >= 4 is 30.6 Å². The Morgan fingerprint density at radius 2 is 1.88 bits per heavy atom. The van der Waals surface area contributed by atoms with Gasteiger partial charge < -0.3 is 0 Å². The molecule has 0 aliphatic carbocycles. The van der Waals surface area contributed by atoms with Crippen LogP contribution in [0.25, 0.3) is 10.8 Å². The Bertz CT molecular complexity index is 1030. The SMILES string of the molecule is CN1CCN(S(=O)(=O)c2cccc3cnccc23)[C@@H]2CS(=O)(=O)C[C@@H]21. The molecule has 1 aromatic heterocycles. The summed E-state index contributed by atoms with van der Waals surface area (Å²) in [5.41, 5.74) is 0. The van der Waals surface area contributed by atoms with E-state index in [1.807, 2.05) is 18.0 Å². The van der Waals surface area contributed by atoms with E-state index in [2.05, 4.69) is 4.98 Å². The third-order valence-corrected chi connectivity index (χ3v) is 8.81. The Balaban J connectivity index is 1.82. The summed E-state index contributed by atoms with van der Waals surface area (Å²) in [6.07, 6.45) is 3.19. The smallest absolute Gasteiger partial charge is 0.244 e. The molecule has 2 aromatic rings. The van der Waals surface area contributed by atoms with Gasteiger partial charge in [-0.15, -0.1) is 0 Å². The van der Waals surface area contributed by atoms with E-state index in [0.717, 1.165) is 5.39 Å². The van der Waals surface area contributed by atoms with Crippen molar-refractivity contribution in [3.05, 3.63) is 36.7 Å². The van der Waals surface area contributed by atoms with E-state index < -0.39 is 25.9 Å². The molecule has 2 saturated heterocycles. The van der Waals surface area contributed by atoms with Crippen LogP contribution in [0.5, 0.6) is 0 Å². The Kier molecular flexibility index (Phi) is 3.87. The number of benzene rings is 1. The maximum absolute atomic E-state index is 13.4. The summed E-state index contributed by atoms with van der Waals surface area (Å²) in [5, 5.41) is 1.35. The Morgan fingerprint density at radius 3 is 2.68 bits per heavy atom. The van der Waals surface area contributed by atoms with Crippen LogP contribution >= 0.6 is 0 Å². The molecule has 0 N–H and O–H groups in total. The first-order valence-electron chi connectivity index (χ1n) is 8.05. The van der Waals surface area contributed by atoms with Gasteiger partial charge in [-0.25, -0.2) is 16.8 Å². The largest absolute Gasteiger partial charge is 0.299 e. The fourth-order valence-electron chi connectivity index (χ4n) is 3.84. The monoisotopic (exact) mass is 381 g/mol. The van der Waals surface area contributed by atoms with Crippen LogP contribution in [0.15, 0.2) is 41.6 Å². The number of sulfone groups is 1. The third kappa shape index (κ3) is 2.75. The summed E-state index contributed by atoms with van der Waals surface area (Å²) in [5.74, 6) is -0.104. The lowest BCUT2D eigenvalue weighted by atomic mass is 10.1. The average Bonchev–Trinajstić information content (AvgIpc) is 2.90. The number of sulfonamides is 1. The van der Waals surface area contributed by atoms with Crippen LogP contribution < -0.4 is 0 Å². The summed E-state index contributed by atoms with van der Waals surface area (Å²) >= 11 is 0. The van der Waals surface area contributed by atoms with Crippen LogP contribution in [0.3, 0.4) is 0 Å². The molecule has 0 spiro atoms. The van der Waals surface area contributed by atoms with Crippen LogP contribution in [0, 0.1) is 0 Å². The molecule has 134 valence electrons. The predicted octanol–water partition coefficient (Wildman–Crippen LogP) is 0.337. The molecular formula is C16H19N3O4S2. The van der Waals surface area contributed by atoms with E-state index in [1.165, 1.54) is 4.31 Å². The van der Waals surface area contributed by atoms with Crippen molar-refractivity contribution in [1.82, 2.24) is 14.2 Å². The maximum atomic E-state index is 13.4. The van der Waals surface area contributed by atoms with E-state index in [4.69, 9.17) is 0 Å². The van der Waals surface area contributed by atoms with E-state index in [9.17, 15) is 16.8 Å². The first-order valence-corrected chi connectivity index (χ1v) is 11.3. The molecule has 2 aliphatic rings. The minimum absolute atomic E-state index is 0.0135. The van der Waals surface area contributed by atoms with Crippen molar-refractivity contribution in [3.63, 3.8) is 0 Å². The van der Waals surface area contributed by atoms with Gasteiger partial charge in [-0.3, -0.25) is 9.88 Å². The molecule has 1 aromatic carbocycles. The molecule has 9 heteroatoms. The zero-order chi connectivity index (χ0) is 17.8. The third-order valence-electron chi connectivity index (χ3n) is 5.13. The van der Waals surface area contributed by atoms with Gasteiger partial charge >= 0.3 is 0 Å². The number of aromatic nitrogens is 1. The molecule has 0 unspecified atom stereocenters. The highest BCUT2D eigenvalue weighted by atomic mass is 32.2. The van der Waals surface area contributed by atoms with Crippen LogP contribution in [0.1, 0.15) is 0 Å². The number of nitrogens with zero attached hydrogens (tertiary/aromatic N) is 3. The molecule has 7 nitrogen and oxygen atoms in total. The van der Waals surface area contributed by atoms with Crippen molar-refractivity contribution in [3.8, 4) is 0 Å². The van der Waals surface area contributed by atoms with Crippen molar-refractivity contribution in [2.24, 2.45) is 0 Å². The van der Waals surface area contributed by atoms with Gasteiger partial charge in [-0.1, -0.05) is 12.1 Å². The number of hydrogen-bond acceptors (Lipinski definition) is 6. The number of pyridine rings is 1. The highest BCUT2D eigenvalue weighted by Crippen LogP contribution is 2.32. The number of rotatable bonds is 2. The fraction of sp³-hybridized carbons (Fsp3) is 0.438. The molecule has 0 bridgehead atoms. The first kappa shape index (κ1) is 16.9. The Labute approximate surface area is 147 Å². The molecule has 2 aliphatic heterocycles. The molecule has 0 saturated carbocycles. The topological polar surface area (TPSA) is 87.7 Å². The van der Waals surface area contributed by atoms with Gasteiger partial charge in [0.1, 0.15) is 0 Å². The van der Waals surface area contributed by atoms with Crippen LogP contribution in [-0.2, 0) is 19.9 Å². The molecular weight excluding hydrogens is 362 g/mol. The Hall–Kier alpha value is -1.55. The predicted molar refractivity (Wildman–Crippen MR) is 94.5 cm³/mol. The normalized spacial score (nSPS) is 27.4. The Morgan fingerprint density at radius 1 is 1.12 bits per heavy atom. The highest BCUT2D eigenvalue weighted by Gasteiger charge is 2.49. The molecule has 0 amide bonds. The molecule has 2 atom stereocenters. The second-order valence-corrected chi connectivity index (χ2v) is 10.7. The van der Waals surface area contributed by atoms with Crippen molar-refractivity contribution in [1.29, 1.82) is 0 Å². The van der Waals surface area contributed by atoms with Crippen LogP contribution in [0.4, 0.5) is 0 Å². The second-order valence-electron chi connectivity index (χ2n) is 6.66. The first-order chi connectivity index (χ1) is 11.8. The highest BCUT2D eigenvalue weighted by molar-refractivity contribution is 7.92. The van der Waals surface area contributed by atoms with Crippen molar-refractivity contribution < 1.29 is 16.8 Å². The van der Waals surface area contributed by atoms with Gasteiger partial charge in [0, 0.05) is 42.3 Å². The molecule has 3 heterocycles. The lowest BCUT2D eigenvalue weighted by Crippen LogP contribution is -2.59. The summed E-state index contributed by atoms with van der Waals surface area (Å²) < 4.78 is 52.3. The van der Waals surface area contributed by atoms with E-state index in [1.54, 1.807) is 30.6 Å². The maximum Gasteiger partial charge on any atom is 0.244 e. The zero-order valence-electron chi connectivity index (χ0n) is 13.7. The lowest BCUT2D eigenvalue weighted by Gasteiger charge is -2.41. The minimum atomic E-state index is -3.80. The summed E-state index contributed by atoms with van der Waals surface area (Å²) in [4.78, 5) is 6.20. The molecule has 0 radical (unpaired) electrons. The van der Waals surface area contributed by atoms with E-state index in [-0.39, 0.29) is 29.0 Å². The van der Waals surface area contributed by atoms with Gasteiger partial charge in [0.2, 0.25) is 10.0 Å². The van der Waals surface area contributed by atoms with E-state index in [0.29, 0.717) is 11.9 Å². The van der Waals surface area contributed by atoms with Gasteiger partial charge in [0.15, 0.2) is 9.84 Å². The number of piperazine rings is 1. The van der Waals surface area contributed by atoms with Gasteiger partial charge in [-0.2, -0.15) is 4.31 Å². The van der Waals surface area contributed by atoms with Crippen LogP contribution in [-0.4, -0.2) is 74.8 Å². The summed E-state index contributed by atoms with van der Waals surface area (Å²) in [6, 6.07) is 5.94. The second kappa shape index (κ2) is 5.73. The van der Waals surface area contributed by atoms with Crippen LogP contribution in [0.2, 0.25) is 0 Å². The van der Waals surface area contributed by atoms with E-state index >= 15 is 0 Å². The fourth-order valence-corrected chi connectivity index (χ4v) is 7.85. The summed E-state index contributed by atoms with van der Waals surface area (Å²) in [7, 11) is -5.19. The quantitative estimate of drug-likeness (QED) is 0.745. The molecule has 25 heavy (non-hydrogen) atoms. The lowest BCUT2D eigenvalue weighted by molar-refractivity contribution is 0.121. The number of fused-ring (bicyclic) bond motifs is 2. The average molecular weight is 381 g/mol. The van der Waals surface area contributed by atoms with Gasteiger partial charge in [-0.05, 0) is 19.2 Å². The molecule has 4 rings (SSSR count). The van der Waals surface area contributed by atoms with Crippen molar-refractivity contribution in [2.45, 2.75) is 17.0 Å². The minimum Gasteiger partial charge on any atom is -0.299 e. The van der Waals surface area contributed by atoms with Gasteiger partial charge in [0.25, 0.3) is 0 Å².